The van der Waals surface area contributed by atoms with E-state index in [0.717, 1.165) is 47.0 Å². The number of phenols is 2. The van der Waals surface area contributed by atoms with E-state index in [9.17, 15) is 19.8 Å². The van der Waals surface area contributed by atoms with E-state index >= 15 is 0 Å². The number of halogens is 5. The summed E-state index contributed by atoms with van der Waals surface area (Å²) in [4.78, 5) is 23.4. The minimum atomic E-state index is -0.750. The number of carbonyl (C=O) groups excluding carboxylic acids is 2. The Hall–Kier alpha value is -3.49. The van der Waals surface area contributed by atoms with Crippen LogP contribution in [-0.2, 0) is 22.4 Å². The van der Waals surface area contributed by atoms with Crippen molar-refractivity contribution in [3.05, 3.63) is 104 Å². The standard InChI is InChI=1S/C24H32BrNO4.C18H20BrNO4.BCl3/c1-15(2)29-18-11-9-17(10-12-18)7-6-8-19(24(26)27)20-13-23(30-16(3)4)22(28-5)14-21(20)25;1-24-17-10-15(19)14(9-16(17)22)13(18(20)23)4-2-3-11-5-7-12(21)8-6-11;2-1(3)4/h9-16,19H,6-8H2,1-5H3,(H2,26,27);5-10,13,21-22H,2-4H2,1H3,(H2,20,23);. The lowest BCUT2D eigenvalue weighted by atomic mass is 9.91. The third-order valence-corrected chi connectivity index (χ3v) is 9.90. The lowest BCUT2D eigenvalue weighted by Gasteiger charge is -2.20. The van der Waals surface area contributed by atoms with Crippen LogP contribution in [0.1, 0.15) is 87.5 Å². The summed E-state index contributed by atoms with van der Waals surface area (Å²) in [5, 5.41) is 19.2. The van der Waals surface area contributed by atoms with E-state index in [4.69, 9.17) is 64.8 Å². The number of hydrogen-bond donors (Lipinski definition) is 4. The molecule has 10 nitrogen and oxygen atoms in total. The number of primary amides is 2. The molecule has 6 N–H and O–H groups in total. The molecule has 0 saturated heterocycles. The first-order valence-corrected chi connectivity index (χ1v) is 21.4. The first-order chi connectivity index (χ1) is 27.4. The number of rotatable bonds is 18. The van der Waals surface area contributed by atoms with Crippen LogP contribution in [-0.4, -0.2) is 53.4 Å². The van der Waals surface area contributed by atoms with Gasteiger partial charge in [0.05, 0.1) is 38.3 Å². The maximum atomic E-state index is 12.2. The van der Waals surface area contributed by atoms with Crippen LogP contribution in [0.25, 0.3) is 0 Å². The quantitative estimate of drug-likeness (QED) is 0.0716. The molecule has 0 aromatic heterocycles. The SMILES string of the molecule is COc1cc(Br)c(C(CCCc2ccc(O)cc2)C(N)=O)cc1O.COc1cc(Br)c(C(CCCc2ccc(OC(C)C)cc2)C(N)=O)cc1OC(C)C.ClB(Cl)Cl. The van der Waals surface area contributed by atoms with Gasteiger partial charge in [-0.2, -0.15) is 34.4 Å². The molecular weight excluding hydrogens is 937 g/mol. The molecule has 0 saturated carbocycles. The highest BCUT2D eigenvalue weighted by Crippen LogP contribution is 2.40. The zero-order valence-corrected chi connectivity index (χ0v) is 38.9. The van der Waals surface area contributed by atoms with Crippen molar-refractivity contribution in [2.24, 2.45) is 11.5 Å². The molecular formula is C42H52BBr2Cl3N2O8. The van der Waals surface area contributed by atoms with E-state index in [1.807, 2.05) is 64.1 Å². The fourth-order valence-corrected chi connectivity index (χ4v) is 7.10. The average Bonchev–Trinajstić information content (AvgIpc) is 3.14. The molecule has 2 amide bonds. The Morgan fingerprint density at radius 3 is 1.48 bits per heavy atom. The monoisotopic (exact) mass is 986 g/mol. The number of benzene rings is 4. The Labute approximate surface area is 373 Å². The highest BCUT2D eigenvalue weighted by molar-refractivity contribution is 9.10. The molecule has 2 atom stereocenters. The van der Waals surface area contributed by atoms with Crippen molar-refractivity contribution in [2.45, 2.75) is 90.3 Å². The van der Waals surface area contributed by atoms with Crippen LogP contribution in [0.3, 0.4) is 0 Å². The molecule has 0 radical (unpaired) electrons. The lowest BCUT2D eigenvalue weighted by Crippen LogP contribution is -2.22. The maximum Gasteiger partial charge on any atom is 0.450 e. The van der Waals surface area contributed by atoms with Gasteiger partial charge in [0.1, 0.15) is 11.5 Å². The predicted octanol–water partition coefficient (Wildman–Crippen LogP) is 10.8. The van der Waals surface area contributed by atoms with E-state index in [2.05, 4.69) is 44.0 Å². The molecule has 2 unspecified atom stereocenters. The van der Waals surface area contributed by atoms with Gasteiger partial charge in [0.25, 0.3) is 0 Å². The summed E-state index contributed by atoms with van der Waals surface area (Å²) < 4.78 is 23.5. The topological polar surface area (TPSA) is 164 Å². The predicted molar refractivity (Wildman–Crippen MR) is 242 cm³/mol. The van der Waals surface area contributed by atoms with Crippen molar-refractivity contribution in [1.29, 1.82) is 0 Å². The number of ether oxygens (including phenoxy) is 4. The first-order valence-electron chi connectivity index (χ1n) is 18.5. The van der Waals surface area contributed by atoms with Crippen LogP contribution in [0.2, 0.25) is 0 Å². The maximum absolute atomic E-state index is 12.2. The fourth-order valence-electron chi connectivity index (χ4n) is 5.91. The highest BCUT2D eigenvalue weighted by atomic mass is 79.9. The molecule has 0 aliphatic carbocycles. The van der Waals surface area contributed by atoms with Crippen LogP contribution in [0.5, 0.6) is 34.5 Å². The molecule has 58 heavy (non-hydrogen) atoms. The van der Waals surface area contributed by atoms with Crippen molar-refractivity contribution < 1.29 is 38.7 Å². The number of aromatic hydroxyl groups is 2. The second kappa shape index (κ2) is 25.9. The van der Waals surface area contributed by atoms with E-state index < -0.39 is 22.7 Å². The van der Waals surface area contributed by atoms with Gasteiger partial charge in [-0.3, -0.25) is 9.59 Å². The van der Waals surface area contributed by atoms with Gasteiger partial charge in [0.2, 0.25) is 11.8 Å². The summed E-state index contributed by atoms with van der Waals surface area (Å²) in [5.41, 5.74) is 15.1. The molecule has 0 aliphatic heterocycles. The number of carbonyl (C=O) groups is 2. The van der Waals surface area contributed by atoms with Crippen molar-refractivity contribution in [3.63, 3.8) is 0 Å². The Kier molecular flexibility index (Phi) is 22.6. The van der Waals surface area contributed by atoms with Gasteiger partial charge in [0.15, 0.2) is 23.0 Å². The van der Waals surface area contributed by atoms with Gasteiger partial charge >= 0.3 is 4.96 Å². The van der Waals surface area contributed by atoms with Crippen LogP contribution in [0, 0.1) is 0 Å². The van der Waals surface area contributed by atoms with Gasteiger partial charge in [-0.05, 0) is 137 Å². The summed E-state index contributed by atoms with van der Waals surface area (Å²) in [7, 11) is 3.06. The Bertz CT molecular complexity index is 1890. The lowest BCUT2D eigenvalue weighted by molar-refractivity contribution is -0.120. The van der Waals surface area contributed by atoms with Gasteiger partial charge in [0, 0.05) is 8.95 Å². The number of methoxy groups -OCH3 is 2. The van der Waals surface area contributed by atoms with Crippen LogP contribution in [0.15, 0.2) is 81.7 Å². The van der Waals surface area contributed by atoms with E-state index in [0.29, 0.717) is 40.1 Å². The third-order valence-electron chi connectivity index (χ3n) is 8.53. The van der Waals surface area contributed by atoms with Gasteiger partial charge in [-0.25, -0.2) is 0 Å². The van der Waals surface area contributed by atoms with Gasteiger partial charge in [-0.15, -0.1) is 0 Å². The molecule has 16 heteroatoms. The molecule has 0 heterocycles. The van der Waals surface area contributed by atoms with Crippen molar-refractivity contribution in [1.82, 2.24) is 0 Å². The second-order valence-corrected chi connectivity index (χ2v) is 17.3. The van der Waals surface area contributed by atoms with Crippen LogP contribution >= 0.6 is 66.2 Å². The summed E-state index contributed by atoms with van der Waals surface area (Å²) >= 11 is 21.4. The first kappa shape index (κ1) is 50.7. The second-order valence-electron chi connectivity index (χ2n) is 13.7. The Morgan fingerprint density at radius 1 is 0.655 bits per heavy atom. The largest absolute Gasteiger partial charge is 0.508 e. The number of nitrogens with two attached hydrogens (primary N) is 2. The molecule has 4 aromatic rings. The Balaban J connectivity index is 0.000000373. The zero-order chi connectivity index (χ0) is 43.5. The number of phenolic OH excluding ortho intramolecular Hbond substituents is 2. The van der Waals surface area contributed by atoms with Crippen molar-refractivity contribution in [2.75, 3.05) is 14.2 Å². The van der Waals surface area contributed by atoms with Gasteiger partial charge in [-0.1, -0.05) is 56.1 Å². The molecule has 0 aliphatic rings. The molecule has 0 fully saturated rings. The van der Waals surface area contributed by atoms with E-state index in [1.165, 1.54) is 18.7 Å². The summed E-state index contributed by atoms with van der Waals surface area (Å²) in [5.74, 6) is 0.914. The smallest absolute Gasteiger partial charge is 0.450 e. The zero-order valence-electron chi connectivity index (χ0n) is 33.4. The summed E-state index contributed by atoms with van der Waals surface area (Å²) in [6.45, 7) is 7.91. The summed E-state index contributed by atoms with van der Waals surface area (Å²) in [6.07, 6.45) is 4.54. The molecule has 316 valence electrons. The number of hydrogen-bond acceptors (Lipinski definition) is 8. The van der Waals surface area contributed by atoms with Crippen LogP contribution < -0.4 is 30.4 Å². The third kappa shape index (κ3) is 17.8. The summed E-state index contributed by atoms with van der Waals surface area (Å²) in [6, 6.07) is 21.9. The van der Waals surface area contributed by atoms with E-state index in [-0.39, 0.29) is 29.6 Å². The fraction of sp³-hybridized carbons (Fsp3) is 0.381. The van der Waals surface area contributed by atoms with Crippen molar-refractivity contribution in [3.8, 4) is 34.5 Å². The molecule has 4 aromatic carbocycles. The molecule has 4 rings (SSSR count). The molecule has 0 spiro atoms. The van der Waals surface area contributed by atoms with Crippen LogP contribution in [0.4, 0.5) is 0 Å². The minimum absolute atomic E-state index is 0.0115. The minimum Gasteiger partial charge on any atom is -0.508 e. The number of amides is 2. The Morgan fingerprint density at radius 2 is 1.07 bits per heavy atom. The normalized spacial score (nSPS) is 11.7. The van der Waals surface area contributed by atoms with Crippen molar-refractivity contribution >= 4 is 83.0 Å². The average molecular weight is 990 g/mol. The number of aryl methyl sites for hydroxylation is 2. The van der Waals surface area contributed by atoms with Gasteiger partial charge < -0.3 is 40.6 Å². The molecule has 0 bridgehead atoms. The highest BCUT2D eigenvalue weighted by Gasteiger charge is 2.24. The van der Waals surface area contributed by atoms with E-state index in [1.54, 1.807) is 25.3 Å².